The van der Waals surface area contributed by atoms with Crippen LogP contribution in [-0.4, -0.2) is 52.6 Å². The first-order valence-corrected chi connectivity index (χ1v) is 12.0. The summed E-state index contributed by atoms with van der Waals surface area (Å²) in [7, 11) is 0. The number of ether oxygens (including phenoxy) is 3. The van der Waals surface area contributed by atoms with E-state index in [9.17, 15) is 15.0 Å². The molecule has 3 unspecified atom stereocenters. The molecule has 3 aromatic carbocycles. The average Bonchev–Trinajstić information content (AvgIpc) is 2.87. The van der Waals surface area contributed by atoms with Gasteiger partial charge in [0.05, 0.1) is 18.8 Å². The Kier molecular flexibility index (Phi) is 8.37. The lowest BCUT2D eigenvalue weighted by atomic mass is 9.99. The third-order valence-electron chi connectivity index (χ3n) is 5.61. The fourth-order valence-electron chi connectivity index (χ4n) is 3.74. The van der Waals surface area contributed by atoms with Gasteiger partial charge in [-0.2, -0.15) is 0 Å². The van der Waals surface area contributed by atoms with Crippen LogP contribution >= 0.6 is 11.8 Å². The molecule has 1 aliphatic heterocycles. The number of hydrogen-bond donors (Lipinski definition) is 2. The van der Waals surface area contributed by atoms with Crippen LogP contribution in [0.2, 0.25) is 0 Å². The van der Waals surface area contributed by atoms with Crippen molar-refractivity contribution in [3.8, 4) is 0 Å². The minimum absolute atomic E-state index is 0.210. The summed E-state index contributed by atoms with van der Waals surface area (Å²) in [5.41, 5.74) is 1.73. The molecule has 0 saturated carbocycles. The van der Waals surface area contributed by atoms with Crippen molar-refractivity contribution in [2.24, 2.45) is 0 Å². The van der Waals surface area contributed by atoms with Crippen molar-refractivity contribution < 1.29 is 29.2 Å². The van der Waals surface area contributed by atoms with E-state index in [0.717, 1.165) is 16.0 Å². The van der Waals surface area contributed by atoms with Gasteiger partial charge in [-0.15, -0.1) is 0 Å². The summed E-state index contributed by atoms with van der Waals surface area (Å²) in [5.74, 6) is -0.535. The molecule has 1 heterocycles. The van der Waals surface area contributed by atoms with E-state index in [0.29, 0.717) is 5.56 Å². The van der Waals surface area contributed by atoms with Crippen molar-refractivity contribution in [3.05, 3.63) is 102 Å². The molecule has 0 aliphatic carbocycles. The van der Waals surface area contributed by atoms with Crippen LogP contribution in [0.1, 0.15) is 21.5 Å². The molecule has 4 rings (SSSR count). The molecule has 0 radical (unpaired) electrons. The fourth-order valence-corrected chi connectivity index (χ4v) is 4.84. The number of aliphatic hydroxyl groups excluding tert-OH is 2. The number of hydrogen-bond acceptors (Lipinski definition) is 7. The Morgan fingerprint density at radius 3 is 2.24 bits per heavy atom. The van der Waals surface area contributed by atoms with Gasteiger partial charge >= 0.3 is 5.97 Å². The predicted octanol–water partition coefficient (Wildman–Crippen LogP) is 3.98. The molecule has 0 spiro atoms. The second-order valence-electron chi connectivity index (χ2n) is 8.14. The zero-order valence-electron chi connectivity index (χ0n) is 18.8. The lowest BCUT2D eigenvalue weighted by Crippen LogP contribution is -2.59. The Bertz CT molecular complexity index is 1040. The number of carbonyl (C=O) groups is 1. The predicted molar refractivity (Wildman–Crippen MR) is 129 cm³/mol. The zero-order valence-corrected chi connectivity index (χ0v) is 19.6. The molecular weight excluding hydrogens is 452 g/mol. The number of aryl methyl sites for hydroxylation is 1. The summed E-state index contributed by atoms with van der Waals surface area (Å²) in [4.78, 5) is 13.9. The Hall–Kier alpha value is -2.68. The third kappa shape index (κ3) is 6.05. The molecule has 0 amide bonds. The third-order valence-corrected chi connectivity index (χ3v) is 6.77. The number of esters is 1. The molecule has 7 heteroatoms. The van der Waals surface area contributed by atoms with Crippen LogP contribution in [-0.2, 0) is 20.8 Å². The largest absolute Gasteiger partial charge is 0.452 e. The van der Waals surface area contributed by atoms with Gasteiger partial charge in [-0.1, -0.05) is 78.0 Å². The van der Waals surface area contributed by atoms with Crippen molar-refractivity contribution in [2.75, 3.05) is 6.61 Å². The van der Waals surface area contributed by atoms with Crippen molar-refractivity contribution in [3.63, 3.8) is 0 Å². The van der Waals surface area contributed by atoms with Gasteiger partial charge in [0.1, 0.15) is 23.7 Å². The molecule has 1 saturated heterocycles. The standard InChI is InChI=1S/C27H28O6S/c1-18-12-14-21(15-13-18)34-27-25(33-26(30)20-10-6-3-7-11-20)24(23(29)22(16-28)32-27)31-17-19-8-4-2-5-9-19/h2-15,22-25,27-29H,16-17H2,1H3/t22?,23-,24?,25?,27-/m1/s1. The minimum atomic E-state index is -1.18. The monoisotopic (exact) mass is 480 g/mol. The highest BCUT2D eigenvalue weighted by Gasteiger charge is 2.48. The maximum Gasteiger partial charge on any atom is 0.338 e. The SMILES string of the molecule is Cc1ccc(S[C@H]2OC(CO)[C@@H](O)C(OCc3ccccc3)C2OC(=O)c2ccccc2)cc1. The Morgan fingerprint density at radius 1 is 0.941 bits per heavy atom. The molecule has 178 valence electrons. The van der Waals surface area contributed by atoms with E-state index in [1.165, 1.54) is 11.8 Å². The summed E-state index contributed by atoms with van der Waals surface area (Å²) < 4.78 is 18.0. The Balaban J connectivity index is 1.61. The van der Waals surface area contributed by atoms with E-state index < -0.39 is 42.4 Å². The Labute approximate surface area is 203 Å². The molecule has 6 nitrogen and oxygen atoms in total. The number of aliphatic hydroxyl groups is 2. The van der Waals surface area contributed by atoms with E-state index >= 15 is 0 Å². The van der Waals surface area contributed by atoms with Crippen LogP contribution < -0.4 is 0 Å². The molecule has 0 bridgehead atoms. The van der Waals surface area contributed by atoms with E-state index in [2.05, 4.69) is 0 Å². The summed E-state index contributed by atoms with van der Waals surface area (Å²) in [6, 6.07) is 26.1. The van der Waals surface area contributed by atoms with Gasteiger partial charge < -0.3 is 24.4 Å². The van der Waals surface area contributed by atoms with Crippen molar-refractivity contribution >= 4 is 17.7 Å². The first-order chi connectivity index (χ1) is 16.5. The maximum atomic E-state index is 13.0. The normalized spacial score (nSPS) is 24.5. The molecule has 2 N–H and O–H groups in total. The van der Waals surface area contributed by atoms with E-state index in [4.69, 9.17) is 14.2 Å². The highest BCUT2D eigenvalue weighted by atomic mass is 32.2. The van der Waals surface area contributed by atoms with Crippen molar-refractivity contribution in [1.29, 1.82) is 0 Å². The second-order valence-corrected chi connectivity index (χ2v) is 9.32. The van der Waals surface area contributed by atoms with Gasteiger partial charge in [0, 0.05) is 4.90 Å². The summed E-state index contributed by atoms with van der Waals surface area (Å²) >= 11 is 1.36. The van der Waals surface area contributed by atoms with Crippen molar-refractivity contribution in [2.45, 2.75) is 48.3 Å². The molecule has 34 heavy (non-hydrogen) atoms. The maximum absolute atomic E-state index is 13.0. The van der Waals surface area contributed by atoms with Crippen LogP contribution in [0.3, 0.4) is 0 Å². The lowest BCUT2D eigenvalue weighted by Gasteiger charge is -2.43. The van der Waals surface area contributed by atoms with Crippen LogP contribution in [0, 0.1) is 6.92 Å². The smallest absolute Gasteiger partial charge is 0.338 e. The van der Waals surface area contributed by atoms with Gasteiger partial charge in [0.2, 0.25) is 0 Å². The fraction of sp³-hybridized carbons (Fsp3) is 0.296. The highest BCUT2D eigenvalue weighted by Crippen LogP contribution is 2.36. The second kappa shape index (κ2) is 11.6. The summed E-state index contributed by atoms with van der Waals surface area (Å²) in [6.45, 7) is 1.82. The topological polar surface area (TPSA) is 85.2 Å². The van der Waals surface area contributed by atoms with Crippen molar-refractivity contribution in [1.82, 2.24) is 0 Å². The number of carbonyl (C=O) groups excluding carboxylic acids is 1. The number of rotatable bonds is 8. The molecule has 0 aromatic heterocycles. The van der Waals surface area contributed by atoms with E-state index in [1.807, 2.05) is 67.6 Å². The summed E-state index contributed by atoms with van der Waals surface area (Å²) in [5, 5.41) is 20.8. The molecule has 1 fully saturated rings. The van der Waals surface area contributed by atoms with Crippen LogP contribution in [0.5, 0.6) is 0 Å². The molecule has 1 aliphatic rings. The first kappa shape index (κ1) is 24.4. The van der Waals surface area contributed by atoms with Gasteiger partial charge in [0.15, 0.2) is 6.10 Å². The minimum Gasteiger partial charge on any atom is -0.452 e. The van der Waals surface area contributed by atoms with Gasteiger partial charge in [-0.05, 0) is 36.8 Å². The van der Waals surface area contributed by atoms with Gasteiger partial charge in [0.25, 0.3) is 0 Å². The molecular formula is C27H28O6S. The number of thioether (sulfide) groups is 1. The quantitative estimate of drug-likeness (QED) is 0.472. The number of benzene rings is 3. The van der Waals surface area contributed by atoms with Crippen LogP contribution in [0.4, 0.5) is 0 Å². The van der Waals surface area contributed by atoms with Crippen LogP contribution in [0.15, 0.2) is 89.8 Å². The average molecular weight is 481 g/mol. The van der Waals surface area contributed by atoms with Gasteiger partial charge in [-0.3, -0.25) is 0 Å². The van der Waals surface area contributed by atoms with E-state index in [1.54, 1.807) is 24.3 Å². The molecule has 3 aromatic rings. The zero-order chi connectivity index (χ0) is 23.9. The first-order valence-electron chi connectivity index (χ1n) is 11.1. The molecule has 5 atom stereocenters. The van der Waals surface area contributed by atoms with Crippen LogP contribution in [0.25, 0.3) is 0 Å². The Morgan fingerprint density at radius 2 is 1.59 bits per heavy atom. The van der Waals surface area contributed by atoms with E-state index in [-0.39, 0.29) is 6.61 Å². The lowest BCUT2D eigenvalue weighted by molar-refractivity contribution is -0.223. The van der Waals surface area contributed by atoms with Gasteiger partial charge in [-0.25, -0.2) is 4.79 Å². The highest BCUT2D eigenvalue weighted by molar-refractivity contribution is 7.99. The summed E-state index contributed by atoms with van der Waals surface area (Å²) in [6.07, 6.45) is -3.88.